The molecule has 0 atom stereocenters. The number of halogens is 1. The summed E-state index contributed by atoms with van der Waals surface area (Å²) < 4.78 is 0. The Labute approximate surface area is 93.1 Å². The highest BCUT2D eigenvalue weighted by atomic mass is 35.5. The molecule has 0 unspecified atom stereocenters. The first-order valence-corrected chi connectivity index (χ1v) is 5.00. The third kappa shape index (κ3) is 4.64. The van der Waals surface area contributed by atoms with Crippen LogP contribution in [-0.2, 0) is 12.8 Å². The van der Waals surface area contributed by atoms with Crippen LogP contribution in [0.15, 0.2) is 24.3 Å². The molecule has 2 heteroatoms. The fraction of sp³-hybridized carbons (Fsp3) is 0.500. The average Bonchev–Trinajstić information content (AvgIpc) is 2.08. The van der Waals surface area contributed by atoms with Crippen LogP contribution in [0.3, 0.4) is 0 Å². The molecule has 0 aliphatic carbocycles. The number of nitrogens with two attached hydrogens (primary N) is 1. The van der Waals surface area contributed by atoms with E-state index in [-0.39, 0.29) is 12.4 Å². The number of rotatable bonds is 4. The second-order valence-electron chi connectivity index (χ2n) is 3.95. The molecule has 0 saturated carbocycles. The second kappa shape index (κ2) is 6.86. The maximum absolute atomic E-state index is 5.48. The van der Waals surface area contributed by atoms with E-state index in [1.54, 1.807) is 0 Å². The minimum atomic E-state index is 0. The Morgan fingerprint density at radius 1 is 1.07 bits per heavy atom. The van der Waals surface area contributed by atoms with E-state index in [1.807, 2.05) is 0 Å². The molecular weight excluding hydrogens is 194 g/mol. The molecule has 0 spiro atoms. The van der Waals surface area contributed by atoms with E-state index >= 15 is 0 Å². The van der Waals surface area contributed by atoms with Gasteiger partial charge >= 0.3 is 0 Å². The van der Waals surface area contributed by atoms with E-state index in [1.165, 1.54) is 17.5 Å². The molecule has 0 aliphatic heterocycles. The summed E-state index contributed by atoms with van der Waals surface area (Å²) in [4.78, 5) is 0. The zero-order valence-corrected chi connectivity index (χ0v) is 9.81. The van der Waals surface area contributed by atoms with Gasteiger partial charge in [0.05, 0.1) is 0 Å². The van der Waals surface area contributed by atoms with Crippen molar-refractivity contribution in [1.82, 2.24) is 0 Å². The first-order valence-electron chi connectivity index (χ1n) is 5.00. The second-order valence-corrected chi connectivity index (χ2v) is 3.95. The predicted octanol–water partition coefficient (Wildman–Crippen LogP) is 2.81. The van der Waals surface area contributed by atoms with Gasteiger partial charge in [0, 0.05) is 0 Å². The minimum Gasteiger partial charge on any atom is -0.330 e. The van der Waals surface area contributed by atoms with Crippen LogP contribution in [0.2, 0.25) is 0 Å². The lowest BCUT2D eigenvalue weighted by atomic mass is 10.0. The summed E-state index contributed by atoms with van der Waals surface area (Å²) in [5, 5.41) is 0. The topological polar surface area (TPSA) is 26.0 Å². The van der Waals surface area contributed by atoms with Crippen LogP contribution < -0.4 is 5.73 Å². The summed E-state index contributed by atoms with van der Waals surface area (Å²) in [7, 11) is 0. The molecule has 0 heterocycles. The van der Waals surface area contributed by atoms with Gasteiger partial charge in [-0.1, -0.05) is 38.1 Å². The van der Waals surface area contributed by atoms with Gasteiger partial charge in [-0.05, 0) is 36.4 Å². The van der Waals surface area contributed by atoms with Crippen molar-refractivity contribution in [3.63, 3.8) is 0 Å². The number of hydrogen-bond donors (Lipinski definition) is 1. The molecule has 2 N–H and O–H groups in total. The number of hydrogen-bond acceptors (Lipinski definition) is 1. The SMILES string of the molecule is CC(C)Cc1ccc(CCN)cc1.Cl. The smallest absolute Gasteiger partial charge is 0.00367 e. The monoisotopic (exact) mass is 213 g/mol. The van der Waals surface area contributed by atoms with Gasteiger partial charge in [0.15, 0.2) is 0 Å². The Hall–Kier alpha value is -0.530. The fourth-order valence-electron chi connectivity index (χ4n) is 1.48. The molecule has 0 aliphatic rings. The predicted molar refractivity (Wildman–Crippen MR) is 65.0 cm³/mol. The highest BCUT2D eigenvalue weighted by molar-refractivity contribution is 5.85. The lowest BCUT2D eigenvalue weighted by molar-refractivity contribution is 0.647. The normalized spacial score (nSPS) is 10.0. The first-order chi connectivity index (χ1) is 6.22. The quantitative estimate of drug-likeness (QED) is 0.818. The average molecular weight is 214 g/mol. The molecule has 1 rings (SSSR count). The summed E-state index contributed by atoms with van der Waals surface area (Å²) in [6.07, 6.45) is 2.16. The van der Waals surface area contributed by atoms with Crippen molar-refractivity contribution in [2.24, 2.45) is 11.7 Å². The minimum absolute atomic E-state index is 0. The molecule has 0 bridgehead atoms. The standard InChI is InChI=1S/C12H19N.ClH/c1-10(2)9-12-5-3-11(4-6-12)7-8-13;/h3-6,10H,7-9,13H2,1-2H3;1H. The third-order valence-corrected chi connectivity index (χ3v) is 2.10. The Kier molecular flexibility index (Phi) is 6.60. The highest BCUT2D eigenvalue weighted by Crippen LogP contribution is 2.09. The molecule has 0 radical (unpaired) electrons. The molecule has 0 saturated heterocycles. The summed E-state index contributed by atoms with van der Waals surface area (Å²) in [5.41, 5.74) is 8.25. The van der Waals surface area contributed by atoms with E-state index in [0.29, 0.717) is 0 Å². The molecule has 0 amide bonds. The van der Waals surface area contributed by atoms with Gasteiger partial charge in [-0.2, -0.15) is 0 Å². The van der Waals surface area contributed by atoms with Gasteiger partial charge in [-0.3, -0.25) is 0 Å². The molecule has 14 heavy (non-hydrogen) atoms. The lowest BCUT2D eigenvalue weighted by Gasteiger charge is -2.05. The Morgan fingerprint density at radius 3 is 2.00 bits per heavy atom. The van der Waals surface area contributed by atoms with Crippen molar-refractivity contribution in [1.29, 1.82) is 0 Å². The van der Waals surface area contributed by atoms with Crippen LogP contribution in [0, 0.1) is 5.92 Å². The van der Waals surface area contributed by atoms with Crippen LogP contribution in [0.4, 0.5) is 0 Å². The van der Waals surface area contributed by atoms with Crippen molar-refractivity contribution in [3.8, 4) is 0 Å². The van der Waals surface area contributed by atoms with Crippen LogP contribution in [-0.4, -0.2) is 6.54 Å². The van der Waals surface area contributed by atoms with Gasteiger partial charge in [0.2, 0.25) is 0 Å². The van der Waals surface area contributed by atoms with Gasteiger partial charge in [0.25, 0.3) is 0 Å². The molecule has 80 valence electrons. The largest absolute Gasteiger partial charge is 0.330 e. The van der Waals surface area contributed by atoms with Crippen molar-refractivity contribution in [2.75, 3.05) is 6.54 Å². The van der Waals surface area contributed by atoms with Crippen molar-refractivity contribution in [3.05, 3.63) is 35.4 Å². The molecule has 0 aromatic heterocycles. The molecule has 1 nitrogen and oxygen atoms in total. The Bertz CT molecular complexity index is 241. The Balaban J connectivity index is 0.00000169. The van der Waals surface area contributed by atoms with Crippen molar-refractivity contribution < 1.29 is 0 Å². The summed E-state index contributed by atoms with van der Waals surface area (Å²) in [6.45, 7) is 5.23. The highest BCUT2D eigenvalue weighted by Gasteiger charge is 1.97. The molecule has 1 aromatic carbocycles. The van der Waals surface area contributed by atoms with Crippen molar-refractivity contribution >= 4 is 12.4 Å². The van der Waals surface area contributed by atoms with E-state index in [0.717, 1.165) is 18.9 Å². The zero-order valence-electron chi connectivity index (χ0n) is 8.99. The maximum atomic E-state index is 5.48. The van der Waals surface area contributed by atoms with Crippen LogP contribution in [0.1, 0.15) is 25.0 Å². The fourth-order valence-corrected chi connectivity index (χ4v) is 1.48. The maximum Gasteiger partial charge on any atom is -0.00367 e. The van der Waals surface area contributed by atoms with Crippen LogP contribution in [0.25, 0.3) is 0 Å². The first kappa shape index (κ1) is 13.5. The van der Waals surface area contributed by atoms with Crippen molar-refractivity contribution in [2.45, 2.75) is 26.7 Å². The number of benzene rings is 1. The molecular formula is C12H20ClN. The van der Waals surface area contributed by atoms with E-state index < -0.39 is 0 Å². The molecule has 1 aromatic rings. The summed E-state index contributed by atoms with van der Waals surface area (Å²) in [6, 6.07) is 8.80. The summed E-state index contributed by atoms with van der Waals surface area (Å²) >= 11 is 0. The van der Waals surface area contributed by atoms with Gasteiger partial charge in [-0.25, -0.2) is 0 Å². The van der Waals surface area contributed by atoms with E-state index in [4.69, 9.17) is 5.73 Å². The van der Waals surface area contributed by atoms with Crippen LogP contribution >= 0.6 is 12.4 Å². The zero-order chi connectivity index (χ0) is 9.68. The van der Waals surface area contributed by atoms with E-state index in [2.05, 4.69) is 38.1 Å². The summed E-state index contributed by atoms with van der Waals surface area (Å²) in [5.74, 6) is 0.736. The van der Waals surface area contributed by atoms with Gasteiger partial charge in [0.1, 0.15) is 0 Å². The van der Waals surface area contributed by atoms with Crippen LogP contribution in [0.5, 0.6) is 0 Å². The third-order valence-electron chi connectivity index (χ3n) is 2.10. The molecule has 0 fully saturated rings. The Morgan fingerprint density at radius 2 is 1.57 bits per heavy atom. The van der Waals surface area contributed by atoms with Gasteiger partial charge < -0.3 is 5.73 Å². The lowest BCUT2D eigenvalue weighted by Crippen LogP contribution is -2.02. The van der Waals surface area contributed by atoms with Gasteiger partial charge in [-0.15, -0.1) is 12.4 Å². The van der Waals surface area contributed by atoms with E-state index in [9.17, 15) is 0 Å².